The highest BCUT2D eigenvalue weighted by Crippen LogP contribution is 2.32. The Morgan fingerprint density at radius 3 is 2.85 bits per heavy atom. The third kappa shape index (κ3) is 4.35. The zero-order chi connectivity index (χ0) is 18.6. The highest BCUT2D eigenvalue weighted by Gasteiger charge is 2.21. The number of ether oxygens (including phenoxy) is 1. The van der Waals surface area contributed by atoms with E-state index in [-0.39, 0.29) is 19.3 Å². The normalized spacial score (nSPS) is 17.5. The van der Waals surface area contributed by atoms with Crippen LogP contribution in [0.25, 0.3) is 11.4 Å². The second-order valence-corrected chi connectivity index (χ2v) is 7.18. The van der Waals surface area contributed by atoms with Gasteiger partial charge in [0.05, 0.1) is 25.4 Å². The molecule has 2 aromatic carbocycles. The minimum absolute atomic E-state index is 0.0398. The number of halogens is 1. The molecular weight excluding hydrogens is 364 g/mol. The third-order valence-electron chi connectivity index (χ3n) is 4.73. The van der Waals surface area contributed by atoms with Gasteiger partial charge in [0.2, 0.25) is 5.82 Å². The van der Waals surface area contributed by atoms with Gasteiger partial charge in [-0.3, -0.25) is 0 Å². The number of rotatable bonds is 6. The molecule has 3 aromatic rings. The lowest BCUT2D eigenvalue weighted by Crippen LogP contribution is -2.25. The molecule has 27 heavy (non-hydrogen) atoms. The van der Waals surface area contributed by atoms with Crippen LogP contribution in [-0.2, 0) is 17.7 Å². The molecule has 6 nitrogen and oxygen atoms in total. The second kappa shape index (κ2) is 8.17. The summed E-state index contributed by atoms with van der Waals surface area (Å²) in [5.74, 6) is 0.501. The van der Waals surface area contributed by atoms with E-state index in [1.165, 1.54) is 15.9 Å². The van der Waals surface area contributed by atoms with Crippen LogP contribution in [0.4, 0.5) is 0 Å². The molecule has 0 unspecified atom stereocenters. The third-order valence-corrected chi connectivity index (χ3v) is 4.99. The predicted octanol–water partition coefficient (Wildman–Crippen LogP) is 3.45. The first-order chi connectivity index (χ1) is 13.2. The summed E-state index contributed by atoms with van der Waals surface area (Å²) in [6.45, 7) is 0.464. The van der Waals surface area contributed by atoms with Crippen LogP contribution in [0.5, 0.6) is 0 Å². The first kappa shape index (κ1) is 18.1. The van der Waals surface area contributed by atoms with Crippen LogP contribution in [0.3, 0.4) is 0 Å². The first-order valence-electron chi connectivity index (χ1n) is 9.10. The Hall–Kier alpha value is -2.28. The molecule has 140 valence electrons. The topological polar surface area (TPSA) is 73.1 Å². The van der Waals surface area contributed by atoms with Crippen molar-refractivity contribution in [2.24, 2.45) is 0 Å². The Morgan fingerprint density at radius 1 is 1.19 bits per heavy atom. The molecule has 0 amide bonds. The van der Waals surface area contributed by atoms with Gasteiger partial charge < -0.3 is 9.84 Å². The summed E-state index contributed by atoms with van der Waals surface area (Å²) in [6.07, 6.45) is 2.51. The summed E-state index contributed by atoms with van der Waals surface area (Å²) in [4.78, 5) is 1.40. The number of benzene rings is 2. The molecule has 1 N–H and O–H groups in total. The van der Waals surface area contributed by atoms with E-state index in [0.717, 1.165) is 24.8 Å². The van der Waals surface area contributed by atoms with E-state index in [1.807, 2.05) is 18.2 Å². The molecule has 1 aliphatic carbocycles. The summed E-state index contributed by atoms with van der Waals surface area (Å²) in [7, 11) is 0. The standard InChI is InChI=1S/C20H21ClN4O2/c21-16-10-8-15(9-11-16)20-22-24-25(23-20)12-17(26)13-27-19-7-3-5-14-4-1-2-6-18(14)19/h1-2,4,6,8-11,17,19,26H,3,5,7,12-13H2/t17-,19-/m1/s1. The molecule has 0 fully saturated rings. The minimum atomic E-state index is -0.702. The summed E-state index contributed by atoms with van der Waals surface area (Å²) in [5.41, 5.74) is 3.41. The van der Waals surface area contributed by atoms with Crippen LogP contribution >= 0.6 is 11.6 Å². The number of tetrazole rings is 1. The Kier molecular flexibility index (Phi) is 5.48. The van der Waals surface area contributed by atoms with Crippen LogP contribution < -0.4 is 0 Å². The van der Waals surface area contributed by atoms with Gasteiger partial charge in [-0.05, 0) is 59.9 Å². The molecule has 1 heterocycles. The first-order valence-corrected chi connectivity index (χ1v) is 9.48. The largest absolute Gasteiger partial charge is 0.389 e. The fourth-order valence-corrected chi connectivity index (χ4v) is 3.51. The summed E-state index contributed by atoms with van der Waals surface area (Å²) in [5, 5.41) is 23.3. The molecule has 0 saturated carbocycles. The molecule has 0 bridgehead atoms. The Bertz CT molecular complexity index is 897. The number of fused-ring (bicyclic) bond motifs is 1. The molecule has 0 saturated heterocycles. The van der Waals surface area contributed by atoms with Gasteiger partial charge in [0.15, 0.2) is 0 Å². The van der Waals surface area contributed by atoms with Crippen molar-refractivity contribution in [3.8, 4) is 11.4 Å². The monoisotopic (exact) mass is 384 g/mol. The van der Waals surface area contributed by atoms with Crippen molar-refractivity contribution < 1.29 is 9.84 Å². The van der Waals surface area contributed by atoms with Crippen LogP contribution in [-0.4, -0.2) is 38.0 Å². The molecular formula is C20H21ClN4O2. The van der Waals surface area contributed by atoms with E-state index < -0.39 is 6.10 Å². The number of hydrogen-bond donors (Lipinski definition) is 1. The van der Waals surface area contributed by atoms with E-state index >= 15 is 0 Å². The molecule has 4 rings (SSSR count). The van der Waals surface area contributed by atoms with E-state index in [4.69, 9.17) is 16.3 Å². The molecule has 1 aliphatic rings. The van der Waals surface area contributed by atoms with Gasteiger partial charge in [0.25, 0.3) is 0 Å². The summed E-state index contributed by atoms with van der Waals surface area (Å²) < 4.78 is 5.99. The van der Waals surface area contributed by atoms with Crippen LogP contribution in [0.15, 0.2) is 48.5 Å². The zero-order valence-electron chi connectivity index (χ0n) is 14.8. The Labute approximate surface area is 162 Å². The Balaban J connectivity index is 1.34. The zero-order valence-corrected chi connectivity index (χ0v) is 15.6. The summed E-state index contributed by atoms with van der Waals surface area (Å²) in [6, 6.07) is 15.6. The number of hydrogen-bond acceptors (Lipinski definition) is 5. The molecule has 0 aliphatic heterocycles. The average Bonchev–Trinajstić information content (AvgIpc) is 3.15. The van der Waals surface area contributed by atoms with E-state index in [0.29, 0.717) is 10.8 Å². The number of aliphatic hydroxyl groups excluding tert-OH is 1. The van der Waals surface area contributed by atoms with Crippen LogP contribution in [0.1, 0.15) is 30.1 Å². The maximum Gasteiger partial charge on any atom is 0.204 e. The number of aromatic nitrogens is 4. The highest BCUT2D eigenvalue weighted by molar-refractivity contribution is 6.30. The molecule has 7 heteroatoms. The van der Waals surface area contributed by atoms with Crippen LogP contribution in [0.2, 0.25) is 5.02 Å². The maximum atomic E-state index is 10.3. The van der Waals surface area contributed by atoms with Gasteiger partial charge in [-0.25, -0.2) is 0 Å². The van der Waals surface area contributed by atoms with Gasteiger partial charge in [0, 0.05) is 10.6 Å². The number of aliphatic hydroxyl groups is 1. The van der Waals surface area contributed by atoms with Gasteiger partial charge in [-0.15, -0.1) is 10.2 Å². The van der Waals surface area contributed by atoms with E-state index in [2.05, 4.69) is 33.6 Å². The predicted molar refractivity (Wildman–Crippen MR) is 102 cm³/mol. The van der Waals surface area contributed by atoms with Crippen molar-refractivity contribution in [3.63, 3.8) is 0 Å². The quantitative estimate of drug-likeness (QED) is 0.704. The molecule has 0 radical (unpaired) electrons. The summed E-state index contributed by atoms with van der Waals surface area (Å²) >= 11 is 5.89. The molecule has 1 aromatic heterocycles. The molecule has 0 spiro atoms. The van der Waals surface area contributed by atoms with Crippen LogP contribution in [0, 0.1) is 0 Å². The van der Waals surface area contributed by atoms with Gasteiger partial charge in [-0.2, -0.15) is 4.80 Å². The highest BCUT2D eigenvalue weighted by atomic mass is 35.5. The lowest BCUT2D eigenvalue weighted by atomic mass is 9.89. The SMILES string of the molecule is O[C@@H](CO[C@@H]1CCCc2ccccc21)Cn1nnc(-c2ccc(Cl)cc2)n1. The maximum absolute atomic E-state index is 10.3. The fraction of sp³-hybridized carbons (Fsp3) is 0.350. The van der Waals surface area contributed by atoms with Crippen molar-refractivity contribution in [2.45, 2.75) is 38.0 Å². The van der Waals surface area contributed by atoms with Crippen molar-refractivity contribution in [2.75, 3.05) is 6.61 Å². The minimum Gasteiger partial charge on any atom is -0.389 e. The second-order valence-electron chi connectivity index (χ2n) is 6.74. The van der Waals surface area contributed by atoms with Gasteiger partial charge in [-0.1, -0.05) is 35.9 Å². The number of aryl methyl sites for hydroxylation is 1. The van der Waals surface area contributed by atoms with Crippen molar-refractivity contribution in [1.29, 1.82) is 0 Å². The molecule has 2 atom stereocenters. The number of nitrogens with zero attached hydrogens (tertiary/aromatic N) is 4. The average molecular weight is 385 g/mol. The van der Waals surface area contributed by atoms with Gasteiger partial charge >= 0.3 is 0 Å². The van der Waals surface area contributed by atoms with E-state index in [1.54, 1.807) is 12.1 Å². The fourth-order valence-electron chi connectivity index (χ4n) is 3.39. The van der Waals surface area contributed by atoms with E-state index in [9.17, 15) is 5.11 Å². The van der Waals surface area contributed by atoms with Crippen molar-refractivity contribution >= 4 is 11.6 Å². The Morgan fingerprint density at radius 2 is 2.00 bits per heavy atom. The van der Waals surface area contributed by atoms with Crippen molar-refractivity contribution in [3.05, 3.63) is 64.7 Å². The lowest BCUT2D eigenvalue weighted by Gasteiger charge is -2.26. The van der Waals surface area contributed by atoms with Crippen molar-refractivity contribution in [1.82, 2.24) is 20.2 Å². The lowest BCUT2D eigenvalue weighted by molar-refractivity contribution is -0.0249. The smallest absolute Gasteiger partial charge is 0.204 e. The van der Waals surface area contributed by atoms with Gasteiger partial charge in [0.1, 0.15) is 0 Å².